The average Bonchev–Trinajstić information content (AvgIpc) is 2.79. The van der Waals surface area contributed by atoms with Gasteiger partial charge in [0, 0.05) is 12.2 Å². The molecule has 1 heterocycles. The first-order valence-corrected chi connectivity index (χ1v) is 6.30. The first-order chi connectivity index (χ1) is 9.42. The lowest BCUT2D eigenvalue weighted by atomic mass is 9.93. The number of rotatable bonds is 4. The number of hydrogen-bond donors (Lipinski definition) is 2. The van der Waals surface area contributed by atoms with Crippen molar-refractivity contribution >= 4 is 11.9 Å². The highest BCUT2D eigenvalue weighted by molar-refractivity contribution is 5.95. The standard InChI is InChI=1S/C14H16FNO4/c1-9-6-10(2-3-11(9)15)13(19)16-14(7-12(17)18)4-5-20-8-14/h2-3,6H,4-5,7-8H2,1H3,(H,16,19)(H,17,18). The third kappa shape index (κ3) is 3.14. The van der Waals surface area contributed by atoms with Crippen molar-refractivity contribution in [3.05, 3.63) is 35.1 Å². The lowest BCUT2D eigenvalue weighted by molar-refractivity contribution is -0.138. The minimum absolute atomic E-state index is 0.172. The van der Waals surface area contributed by atoms with Crippen molar-refractivity contribution in [1.82, 2.24) is 5.32 Å². The van der Waals surface area contributed by atoms with Crippen molar-refractivity contribution < 1.29 is 23.8 Å². The highest BCUT2D eigenvalue weighted by Gasteiger charge is 2.38. The maximum Gasteiger partial charge on any atom is 0.305 e. The van der Waals surface area contributed by atoms with Gasteiger partial charge in [-0.1, -0.05) is 0 Å². The predicted octanol–water partition coefficient (Wildman–Crippen LogP) is 1.50. The third-order valence-corrected chi connectivity index (χ3v) is 3.39. The highest BCUT2D eigenvalue weighted by Crippen LogP contribution is 2.23. The number of halogens is 1. The Balaban J connectivity index is 2.16. The zero-order chi connectivity index (χ0) is 14.8. The molecule has 2 N–H and O–H groups in total. The Bertz CT molecular complexity index is 538. The summed E-state index contributed by atoms with van der Waals surface area (Å²) < 4.78 is 18.4. The van der Waals surface area contributed by atoms with Crippen LogP contribution >= 0.6 is 0 Å². The molecule has 0 aliphatic carbocycles. The maximum absolute atomic E-state index is 13.2. The van der Waals surface area contributed by atoms with E-state index < -0.39 is 17.4 Å². The van der Waals surface area contributed by atoms with E-state index in [2.05, 4.69) is 5.32 Å². The molecule has 2 rings (SSSR count). The summed E-state index contributed by atoms with van der Waals surface area (Å²) in [4.78, 5) is 23.1. The number of amides is 1. The maximum atomic E-state index is 13.2. The Morgan fingerprint density at radius 1 is 1.50 bits per heavy atom. The van der Waals surface area contributed by atoms with Crippen LogP contribution in [0.25, 0.3) is 0 Å². The van der Waals surface area contributed by atoms with Crippen molar-refractivity contribution in [2.45, 2.75) is 25.3 Å². The SMILES string of the molecule is Cc1cc(C(=O)NC2(CC(=O)O)CCOC2)ccc1F. The van der Waals surface area contributed by atoms with Crippen LogP contribution in [0.4, 0.5) is 4.39 Å². The molecule has 0 aromatic heterocycles. The van der Waals surface area contributed by atoms with Crippen LogP contribution in [-0.4, -0.2) is 35.7 Å². The van der Waals surface area contributed by atoms with Crippen molar-refractivity contribution in [2.75, 3.05) is 13.2 Å². The number of benzene rings is 1. The van der Waals surface area contributed by atoms with Crippen LogP contribution in [0.15, 0.2) is 18.2 Å². The molecule has 1 saturated heterocycles. The van der Waals surface area contributed by atoms with E-state index in [9.17, 15) is 14.0 Å². The number of hydrogen-bond acceptors (Lipinski definition) is 3. The summed E-state index contributed by atoms with van der Waals surface area (Å²) in [6.45, 7) is 2.15. The minimum atomic E-state index is -0.994. The van der Waals surface area contributed by atoms with Gasteiger partial charge in [-0.25, -0.2) is 4.39 Å². The number of carboxylic acids is 1. The van der Waals surface area contributed by atoms with E-state index in [1.165, 1.54) is 18.2 Å². The van der Waals surface area contributed by atoms with Gasteiger partial charge < -0.3 is 15.2 Å². The summed E-state index contributed by atoms with van der Waals surface area (Å²) in [5.74, 6) is -1.79. The van der Waals surface area contributed by atoms with Gasteiger partial charge in [-0.2, -0.15) is 0 Å². The van der Waals surface area contributed by atoms with Crippen molar-refractivity contribution in [1.29, 1.82) is 0 Å². The first kappa shape index (κ1) is 14.5. The second kappa shape index (κ2) is 5.58. The number of ether oxygens (including phenoxy) is 1. The lowest BCUT2D eigenvalue weighted by Crippen LogP contribution is -2.50. The molecule has 1 aromatic carbocycles. The minimum Gasteiger partial charge on any atom is -0.481 e. The summed E-state index contributed by atoms with van der Waals surface area (Å²) in [7, 11) is 0. The number of carboxylic acid groups (broad SMARTS) is 1. The molecular formula is C14H16FNO4. The molecular weight excluding hydrogens is 265 g/mol. The van der Waals surface area contributed by atoms with Gasteiger partial charge in [-0.15, -0.1) is 0 Å². The van der Waals surface area contributed by atoms with Gasteiger partial charge >= 0.3 is 5.97 Å². The van der Waals surface area contributed by atoms with Gasteiger partial charge in [0.25, 0.3) is 5.91 Å². The molecule has 0 radical (unpaired) electrons. The van der Waals surface area contributed by atoms with Crippen LogP contribution in [0.2, 0.25) is 0 Å². The van der Waals surface area contributed by atoms with E-state index in [-0.39, 0.29) is 18.8 Å². The molecule has 0 saturated carbocycles. The smallest absolute Gasteiger partial charge is 0.305 e. The molecule has 1 amide bonds. The van der Waals surface area contributed by atoms with Crippen LogP contribution in [0.3, 0.4) is 0 Å². The molecule has 0 spiro atoms. The molecule has 1 atom stereocenters. The number of aryl methyl sites for hydroxylation is 1. The second-order valence-electron chi connectivity index (χ2n) is 5.07. The Morgan fingerprint density at radius 3 is 2.80 bits per heavy atom. The van der Waals surface area contributed by atoms with E-state index in [0.29, 0.717) is 24.2 Å². The topological polar surface area (TPSA) is 75.6 Å². The quantitative estimate of drug-likeness (QED) is 0.877. The third-order valence-electron chi connectivity index (χ3n) is 3.39. The molecule has 1 aromatic rings. The van der Waals surface area contributed by atoms with E-state index >= 15 is 0 Å². The fraction of sp³-hybridized carbons (Fsp3) is 0.429. The molecule has 6 heteroatoms. The molecule has 5 nitrogen and oxygen atoms in total. The number of carbonyl (C=O) groups excluding carboxylic acids is 1. The normalized spacial score (nSPS) is 21.7. The molecule has 20 heavy (non-hydrogen) atoms. The van der Waals surface area contributed by atoms with Gasteiger partial charge in [0.15, 0.2) is 0 Å². The largest absolute Gasteiger partial charge is 0.481 e. The number of nitrogens with one attached hydrogen (secondary N) is 1. The Hall–Kier alpha value is -1.95. The average molecular weight is 281 g/mol. The molecule has 1 fully saturated rings. The van der Waals surface area contributed by atoms with Crippen molar-refractivity contribution in [3.8, 4) is 0 Å². The zero-order valence-corrected chi connectivity index (χ0v) is 11.1. The number of aliphatic carboxylic acids is 1. The van der Waals surface area contributed by atoms with Crippen LogP contribution in [0.5, 0.6) is 0 Å². The first-order valence-electron chi connectivity index (χ1n) is 6.30. The highest BCUT2D eigenvalue weighted by atomic mass is 19.1. The van der Waals surface area contributed by atoms with Gasteiger partial charge in [0.05, 0.1) is 18.6 Å². The van der Waals surface area contributed by atoms with Crippen LogP contribution in [-0.2, 0) is 9.53 Å². The van der Waals surface area contributed by atoms with Crippen LogP contribution in [0.1, 0.15) is 28.8 Å². The summed E-state index contributed by atoms with van der Waals surface area (Å²) >= 11 is 0. The van der Waals surface area contributed by atoms with Crippen LogP contribution in [0, 0.1) is 12.7 Å². The van der Waals surface area contributed by atoms with Crippen molar-refractivity contribution in [3.63, 3.8) is 0 Å². The van der Waals surface area contributed by atoms with E-state index in [1.807, 2.05) is 0 Å². The fourth-order valence-electron chi connectivity index (χ4n) is 2.28. The van der Waals surface area contributed by atoms with Crippen molar-refractivity contribution in [2.24, 2.45) is 0 Å². The Labute approximate surface area is 115 Å². The predicted molar refractivity (Wildman–Crippen MR) is 69.0 cm³/mol. The van der Waals surface area contributed by atoms with Crippen LogP contribution < -0.4 is 5.32 Å². The lowest BCUT2D eigenvalue weighted by Gasteiger charge is -2.27. The molecule has 1 unspecified atom stereocenters. The Kier molecular flexibility index (Phi) is 4.04. The molecule has 1 aliphatic heterocycles. The van der Waals surface area contributed by atoms with Gasteiger partial charge in [0.1, 0.15) is 5.82 Å². The molecule has 1 aliphatic rings. The Morgan fingerprint density at radius 2 is 2.25 bits per heavy atom. The molecule has 108 valence electrons. The summed E-state index contributed by atoms with van der Waals surface area (Å²) in [6, 6.07) is 4.04. The van der Waals surface area contributed by atoms with Gasteiger partial charge in [0.2, 0.25) is 0 Å². The fourth-order valence-corrected chi connectivity index (χ4v) is 2.28. The van der Waals surface area contributed by atoms with Gasteiger partial charge in [-0.05, 0) is 37.1 Å². The van der Waals surface area contributed by atoms with E-state index in [4.69, 9.17) is 9.84 Å². The summed E-state index contributed by atoms with van der Waals surface area (Å²) in [6.07, 6.45) is 0.254. The monoisotopic (exact) mass is 281 g/mol. The second-order valence-corrected chi connectivity index (χ2v) is 5.07. The van der Waals surface area contributed by atoms with E-state index in [1.54, 1.807) is 6.92 Å². The number of carbonyl (C=O) groups is 2. The summed E-state index contributed by atoms with van der Waals surface area (Å²) in [5.41, 5.74) is -0.209. The van der Waals surface area contributed by atoms with Gasteiger partial charge in [-0.3, -0.25) is 9.59 Å². The molecule has 0 bridgehead atoms. The van der Waals surface area contributed by atoms with E-state index in [0.717, 1.165) is 0 Å². The zero-order valence-electron chi connectivity index (χ0n) is 11.1. The summed E-state index contributed by atoms with van der Waals surface area (Å²) in [5, 5.41) is 11.7.